The molecular weight excluding hydrogens is 369 g/mol. The first-order chi connectivity index (χ1) is 12.2. The van der Waals surface area contributed by atoms with Crippen molar-refractivity contribution in [3.05, 3.63) is 63.1 Å². The van der Waals surface area contributed by atoms with E-state index in [0.29, 0.717) is 22.9 Å². The van der Waals surface area contributed by atoms with Crippen LogP contribution in [0.15, 0.2) is 36.4 Å². The molecule has 138 valence electrons. The normalized spacial score (nSPS) is 18.0. The lowest BCUT2D eigenvalue weighted by molar-refractivity contribution is -0.122. The van der Waals surface area contributed by atoms with Crippen molar-refractivity contribution >= 4 is 29.1 Å². The molecule has 1 heterocycles. The van der Waals surface area contributed by atoms with Crippen molar-refractivity contribution in [3.8, 4) is 5.75 Å². The average Bonchev–Trinajstić information content (AvgIpc) is 2.54. The summed E-state index contributed by atoms with van der Waals surface area (Å²) in [4.78, 5) is 12.6. The predicted molar refractivity (Wildman–Crippen MR) is 106 cm³/mol. The van der Waals surface area contributed by atoms with Crippen molar-refractivity contribution in [1.82, 2.24) is 5.32 Å². The Bertz CT molecular complexity index is 813. The molecule has 0 saturated heterocycles. The van der Waals surface area contributed by atoms with Crippen LogP contribution in [-0.4, -0.2) is 11.5 Å². The molecule has 2 aromatic carbocycles. The molecule has 26 heavy (non-hydrogen) atoms. The molecule has 1 aliphatic heterocycles. The van der Waals surface area contributed by atoms with Crippen LogP contribution >= 0.6 is 23.2 Å². The highest BCUT2D eigenvalue weighted by molar-refractivity contribution is 6.36. The summed E-state index contributed by atoms with van der Waals surface area (Å²) in [6, 6.07) is 11.4. The third-order valence-corrected chi connectivity index (χ3v) is 5.33. The Balaban J connectivity index is 1.72. The van der Waals surface area contributed by atoms with Crippen molar-refractivity contribution in [2.75, 3.05) is 0 Å². The van der Waals surface area contributed by atoms with Crippen LogP contribution in [0.1, 0.15) is 49.4 Å². The number of amides is 1. The van der Waals surface area contributed by atoms with Crippen LogP contribution < -0.4 is 10.1 Å². The van der Waals surface area contributed by atoms with E-state index in [4.69, 9.17) is 27.9 Å². The molecule has 2 aromatic rings. The van der Waals surface area contributed by atoms with Crippen LogP contribution in [0.5, 0.6) is 5.75 Å². The quantitative estimate of drug-likeness (QED) is 0.730. The van der Waals surface area contributed by atoms with Crippen LogP contribution in [-0.2, 0) is 11.2 Å². The van der Waals surface area contributed by atoms with E-state index in [1.165, 1.54) is 0 Å². The Morgan fingerprint density at radius 2 is 1.92 bits per heavy atom. The van der Waals surface area contributed by atoms with Crippen molar-refractivity contribution < 1.29 is 9.53 Å². The summed E-state index contributed by atoms with van der Waals surface area (Å²) in [5.74, 6) is 0.822. The van der Waals surface area contributed by atoms with E-state index < -0.39 is 0 Å². The third kappa shape index (κ3) is 4.33. The topological polar surface area (TPSA) is 38.3 Å². The second-order valence-corrected chi connectivity index (χ2v) is 8.24. The summed E-state index contributed by atoms with van der Waals surface area (Å²) in [6.07, 6.45) is 1.57. The van der Waals surface area contributed by atoms with Gasteiger partial charge in [-0.05, 0) is 51.0 Å². The van der Waals surface area contributed by atoms with Gasteiger partial charge in [0.15, 0.2) is 0 Å². The summed E-state index contributed by atoms with van der Waals surface area (Å²) >= 11 is 12.4. The second kappa shape index (κ2) is 7.50. The van der Waals surface area contributed by atoms with Gasteiger partial charge in [0, 0.05) is 28.5 Å². The Kier molecular flexibility index (Phi) is 5.50. The molecule has 0 aliphatic carbocycles. The molecule has 5 heteroatoms. The standard InChI is InChI=1S/C21H23Cl2NO2/c1-13-7-9-19-15(11-13)18(12-21(2,3)26-19)24-20(25)10-8-14-16(22)5-4-6-17(14)23/h4-7,9,11,18H,8,10,12H2,1-3H3,(H,24,25)/t18-/m1/s1. The van der Waals surface area contributed by atoms with Crippen LogP contribution in [0, 0.1) is 6.92 Å². The van der Waals surface area contributed by atoms with E-state index in [1.54, 1.807) is 18.2 Å². The highest BCUT2D eigenvalue weighted by Gasteiger charge is 2.34. The maximum absolute atomic E-state index is 12.6. The number of aryl methyl sites for hydroxylation is 1. The molecule has 0 bridgehead atoms. The molecule has 0 radical (unpaired) electrons. The number of rotatable bonds is 4. The van der Waals surface area contributed by atoms with Gasteiger partial charge < -0.3 is 10.1 Å². The van der Waals surface area contributed by atoms with Crippen LogP contribution in [0.25, 0.3) is 0 Å². The molecule has 0 unspecified atom stereocenters. The first kappa shape index (κ1) is 19.1. The summed E-state index contributed by atoms with van der Waals surface area (Å²) < 4.78 is 6.06. The number of ether oxygens (including phenoxy) is 1. The lowest BCUT2D eigenvalue weighted by Gasteiger charge is -2.38. The molecule has 0 spiro atoms. The zero-order chi connectivity index (χ0) is 18.9. The summed E-state index contributed by atoms with van der Waals surface area (Å²) in [7, 11) is 0. The average molecular weight is 392 g/mol. The molecule has 1 N–H and O–H groups in total. The molecule has 0 fully saturated rings. The number of hydrogen-bond donors (Lipinski definition) is 1. The maximum Gasteiger partial charge on any atom is 0.220 e. The van der Waals surface area contributed by atoms with E-state index in [9.17, 15) is 4.79 Å². The summed E-state index contributed by atoms with van der Waals surface area (Å²) in [5.41, 5.74) is 2.67. The SMILES string of the molecule is Cc1ccc2c(c1)[C@H](NC(=O)CCc1c(Cl)cccc1Cl)CC(C)(C)O2. The fourth-order valence-corrected chi connectivity index (χ4v) is 3.97. The summed E-state index contributed by atoms with van der Waals surface area (Å²) in [5, 5.41) is 4.35. The van der Waals surface area contributed by atoms with Gasteiger partial charge in [-0.2, -0.15) is 0 Å². The fourth-order valence-electron chi connectivity index (χ4n) is 3.38. The fraction of sp³-hybridized carbons (Fsp3) is 0.381. The zero-order valence-corrected chi connectivity index (χ0v) is 16.7. The smallest absolute Gasteiger partial charge is 0.220 e. The Morgan fingerprint density at radius 3 is 2.62 bits per heavy atom. The van der Waals surface area contributed by atoms with Gasteiger partial charge in [-0.3, -0.25) is 4.79 Å². The van der Waals surface area contributed by atoms with Crippen molar-refractivity contribution in [2.45, 2.75) is 51.7 Å². The molecule has 1 atom stereocenters. The molecule has 0 aromatic heterocycles. The first-order valence-corrected chi connectivity index (χ1v) is 9.52. The van der Waals surface area contributed by atoms with E-state index in [1.807, 2.05) is 32.9 Å². The van der Waals surface area contributed by atoms with Gasteiger partial charge in [0.1, 0.15) is 11.4 Å². The van der Waals surface area contributed by atoms with Crippen LogP contribution in [0.2, 0.25) is 10.0 Å². The monoisotopic (exact) mass is 391 g/mol. The van der Waals surface area contributed by atoms with Gasteiger partial charge in [-0.1, -0.05) is 47.0 Å². The lowest BCUT2D eigenvalue weighted by atomic mass is 9.89. The molecular formula is C21H23Cl2NO2. The number of halogens is 2. The second-order valence-electron chi connectivity index (χ2n) is 7.43. The number of fused-ring (bicyclic) bond motifs is 1. The minimum atomic E-state index is -0.327. The number of hydrogen-bond acceptors (Lipinski definition) is 2. The molecule has 1 amide bonds. The van der Waals surface area contributed by atoms with Crippen molar-refractivity contribution in [1.29, 1.82) is 0 Å². The number of benzene rings is 2. The first-order valence-electron chi connectivity index (χ1n) is 8.77. The van der Waals surface area contributed by atoms with E-state index >= 15 is 0 Å². The van der Waals surface area contributed by atoms with Gasteiger partial charge in [0.05, 0.1) is 6.04 Å². The van der Waals surface area contributed by atoms with Crippen molar-refractivity contribution in [2.24, 2.45) is 0 Å². The van der Waals surface area contributed by atoms with E-state index in [2.05, 4.69) is 11.4 Å². The Labute approximate surface area is 164 Å². The summed E-state index contributed by atoms with van der Waals surface area (Å²) in [6.45, 7) is 6.12. The Hall–Kier alpha value is -1.71. The highest BCUT2D eigenvalue weighted by Crippen LogP contribution is 2.40. The zero-order valence-electron chi connectivity index (χ0n) is 15.2. The minimum Gasteiger partial charge on any atom is -0.487 e. The van der Waals surface area contributed by atoms with Gasteiger partial charge in [-0.15, -0.1) is 0 Å². The molecule has 0 saturated carbocycles. The third-order valence-electron chi connectivity index (χ3n) is 4.62. The van der Waals surface area contributed by atoms with Gasteiger partial charge in [-0.25, -0.2) is 0 Å². The van der Waals surface area contributed by atoms with Crippen LogP contribution in [0.4, 0.5) is 0 Å². The lowest BCUT2D eigenvalue weighted by Crippen LogP contribution is -2.41. The van der Waals surface area contributed by atoms with Crippen molar-refractivity contribution in [3.63, 3.8) is 0 Å². The van der Waals surface area contributed by atoms with Gasteiger partial charge in [0.25, 0.3) is 0 Å². The largest absolute Gasteiger partial charge is 0.487 e. The number of nitrogens with one attached hydrogen (secondary N) is 1. The minimum absolute atomic E-state index is 0.0175. The number of carbonyl (C=O) groups is 1. The Morgan fingerprint density at radius 1 is 1.23 bits per heavy atom. The van der Waals surface area contributed by atoms with Gasteiger partial charge >= 0.3 is 0 Å². The molecule has 3 nitrogen and oxygen atoms in total. The predicted octanol–water partition coefficient (Wildman–Crippen LogP) is 5.65. The maximum atomic E-state index is 12.6. The molecule has 1 aliphatic rings. The van der Waals surface area contributed by atoms with E-state index in [-0.39, 0.29) is 17.6 Å². The van der Waals surface area contributed by atoms with E-state index in [0.717, 1.165) is 28.9 Å². The number of carbonyl (C=O) groups excluding carboxylic acids is 1. The molecule has 3 rings (SSSR count). The highest BCUT2D eigenvalue weighted by atomic mass is 35.5. The van der Waals surface area contributed by atoms with Crippen LogP contribution in [0.3, 0.4) is 0 Å². The van der Waals surface area contributed by atoms with Gasteiger partial charge in [0.2, 0.25) is 5.91 Å².